The Bertz CT molecular complexity index is 1120. The van der Waals surface area contributed by atoms with Crippen molar-refractivity contribution < 1.29 is 8.42 Å². The van der Waals surface area contributed by atoms with Gasteiger partial charge in [0.1, 0.15) is 11.6 Å². The number of rotatable bonds is 4. The molecule has 0 unspecified atom stereocenters. The van der Waals surface area contributed by atoms with Gasteiger partial charge in [0, 0.05) is 11.8 Å². The minimum absolute atomic E-state index is 0.0586. The summed E-state index contributed by atoms with van der Waals surface area (Å²) in [4.78, 5) is 4.21. The van der Waals surface area contributed by atoms with Crippen molar-refractivity contribution in [1.82, 2.24) is 14.6 Å². The number of sulfonamides is 1. The van der Waals surface area contributed by atoms with Crippen LogP contribution in [0.5, 0.6) is 0 Å². The molecule has 9 heteroatoms. The van der Waals surface area contributed by atoms with Crippen LogP contribution in [0.1, 0.15) is 18.2 Å². The summed E-state index contributed by atoms with van der Waals surface area (Å²) in [5, 5.41) is 13.9. The van der Waals surface area contributed by atoms with Crippen molar-refractivity contribution in [1.29, 1.82) is 5.26 Å². The maximum atomic E-state index is 11.8. The largest absolute Gasteiger partial charge is 0.282 e. The number of hydrogen-bond acceptors (Lipinski definition) is 5. The summed E-state index contributed by atoms with van der Waals surface area (Å²) >= 11 is 6.11. The van der Waals surface area contributed by atoms with Gasteiger partial charge in [0.2, 0.25) is 10.0 Å². The Morgan fingerprint density at radius 3 is 2.80 bits per heavy atom. The van der Waals surface area contributed by atoms with Gasteiger partial charge in [-0.2, -0.15) is 10.4 Å². The normalized spacial score (nSPS) is 11.4. The molecule has 0 saturated carbocycles. The van der Waals surface area contributed by atoms with E-state index in [-0.39, 0.29) is 11.4 Å². The van der Waals surface area contributed by atoms with Gasteiger partial charge in [0.15, 0.2) is 5.65 Å². The fourth-order valence-corrected chi connectivity index (χ4v) is 3.27. The van der Waals surface area contributed by atoms with Gasteiger partial charge in [-0.15, -0.1) is 0 Å². The molecule has 25 heavy (non-hydrogen) atoms. The third-order valence-electron chi connectivity index (χ3n) is 3.71. The fourth-order valence-electron chi connectivity index (χ4n) is 2.40. The Labute approximate surface area is 149 Å². The average molecular weight is 376 g/mol. The van der Waals surface area contributed by atoms with E-state index in [1.165, 1.54) is 0 Å². The number of fused-ring (bicyclic) bond motifs is 1. The lowest BCUT2D eigenvalue weighted by atomic mass is 10.1. The standard InChI is InChI=1S/C16H14ClN5O2S/c1-3-25(23,24)21-14-8-11(4-5-13(14)17)15-6-7-19-16-12(9-18)10(2)20-22(15)16/h4-8,21H,3H2,1-2H3. The van der Waals surface area contributed by atoms with Gasteiger partial charge in [-0.25, -0.2) is 17.9 Å². The van der Waals surface area contributed by atoms with Crippen molar-refractivity contribution in [3.05, 3.63) is 46.7 Å². The molecule has 0 aliphatic heterocycles. The molecule has 0 saturated heterocycles. The molecule has 3 aromatic rings. The summed E-state index contributed by atoms with van der Waals surface area (Å²) in [7, 11) is -3.46. The van der Waals surface area contributed by atoms with Gasteiger partial charge < -0.3 is 0 Å². The van der Waals surface area contributed by atoms with Crippen LogP contribution < -0.4 is 4.72 Å². The van der Waals surface area contributed by atoms with E-state index in [1.807, 2.05) is 0 Å². The summed E-state index contributed by atoms with van der Waals surface area (Å²) in [5.41, 5.74) is 3.07. The second-order valence-corrected chi connectivity index (χ2v) is 7.76. The minimum atomic E-state index is -3.46. The minimum Gasteiger partial charge on any atom is -0.282 e. The zero-order valence-electron chi connectivity index (χ0n) is 13.5. The second kappa shape index (κ2) is 6.35. The highest BCUT2D eigenvalue weighted by Crippen LogP contribution is 2.30. The van der Waals surface area contributed by atoms with Gasteiger partial charge >= 0.3 is 0 Å². The number of nitrogens with one attached hydrogen (secondary N) is 1. The number of hydrogen-bond donors (Lipinski definition) is 1. The first-order valence-corrected chi connectivity index (χ1v) is 9.44. The van der Waals surface area contributed by atoms with Crippen LogP contribution in [0, 0.1) is 18.3 Å². The third kappa shape index (κ3) is 3.16. The molecule has 0 radical (unpaired) electrons. The van der Waals surface area contributed by atoms with Crippen molar-refractivity contribution in [3.8, 4) is 17.3 Å². The highest BCUT2D eigenvalue weighted by Gasteiger charge is 2.16. The van der Waals surface area contributed by atoms with Crippen LogP contribution in [-0.2, 0) is 10.0 Å². The SMILES string of the molecule is CCS(=O)(=O)Nc1cc(-c2ccnc3c(C#N)c(C)nn23)ccc1Cl. The Hall–Kier alpha value is -2.63. The summed E-state index contributed by atoms with van der Waals surface area (Å²) in [5.74, 6) is -0.0586. The first-order chi connectivity index (χ1) is 11.9. The predicted octanol–water partition coefficient (Wildman–Crippen LogP) is 2.99. The molecule has 1 aromatic carbocycles. The molecule has 0 spiro atoms. The maximum absolute atomic E-state index is 11.8. The van der Waals surface area contributed by atoms with Crippen LogP contribution >= 0.6 is 11.6 Å². The number of anilines is 1. The lowest BCUT2D eigenvalue weighted by molar-refractivity contribution is 0.602. The van der Waals surface area contributed by atoms with Crippen molar-refractivity contribution in [2.75, 3.05) is 10.5 Å². The Morgan fingerprint density at radius 2 is 2.12 bits per heavy atom. The number of benzene rings is 1. The number of nitrogens with zero attached hydrogens (tertiary/aromatic N) is 4. The number of halogens is 1. The van der Waals surface area contributed by atoms with E-state index in [9.17, 15) is 13.7 Å². The van der Waals surface area contributed by atoms with Crippen LogP contribution in [0.15, 0.2) is 30.5 Å². The van der Waals surface area contributed by atoms with Crippen molar-refractivity contribution in [3.63, 3.8) is 0 Å². The first-order valence-electron chi connectivity index (χ1n) is 7.41. The van der Waals surface area contributed by atoms with Crippen LogP contribution in [0.25, 0.3) is 16.9 Å². The smallest absolute Gasteiger partial charge is 0.232 e. The van der Waals surface area contributed by atoms with Gasteiger partial charge in [0.25, 0.3) is 0 Å². The van der Waals surface area contributed by atoms with E-state index >= 15 is 0 Å². The highest BCUT2D eigenvalue weighted by atomic mass is 35.5. The van der Waals surface area contributed by atoms with Gasteiger partial charge in [-0.3, -0.25) is 4.72 Å². The molecule has 0 bridgehead atoms. The van der Waals surface area contributed by atoms with Gasteiger partial charge in [0.05, 0.1) is 27.9 Å². The summed E-state index contributed by atoms with van der Waals surface area (Å²) in [6.45, 7) is 3.28. The molecule has 7 nitrogen and oxygen atoms in total. The van der Waals surface area contributed by atoms with Crippen molar-refractivity contribution in [2.24, 2.45) is 0 Å². The fraction of sp³-hybridized carbons (Fsp3) is 0.188. The summed E-state index contributed by atoms with van der Waals surface area (Å²) in [6.07, 6.45) is 1.58. The van der Waals surface area contributed by atoms with Gasteiger partial charge in [-0.05, 0) is 32.0 Å². The highest BCUT2D eigenvalue weighted by molar-refractivity contribution is 7.92. The van der Waals surface area contributed by atoms with Crippen LogP contribution in [-0.4, -0.2) is 28.8 Å². The van der Waals surface area contributed by atoms with E-state index in [1.54, 1.807) is 48.8 Å². The lowest BCUT2D eigenvalue weighted by Crippen LogP contribution is -2.15. The van der Waals surface area contributed by atoms with E-state index in [2.05, 4.69) is 20.9 Å². The molecule has 0 fully saturated rings. The van der Waals surface area contributed by atoms with Crippen LogP contribution in [0.2, 0.25) is 5.02 Å². The van der Waals surface area contributed by atoms with E-state index in [0.717, 1.165) is 0 Å². The molecule has 0 amide bonds. The summed E-state index contributed by atoms with van der Waals surface area (Å²) in [6, 6.07) is 8.83. The predicted molar refractivity (Wildman–Crippen MR) is 96.0 cm³/mol. The Morgan fingerprint density at radius 1 is 1.36 bits per heavy atom. The van der Waals surface area contributed by atoms with Crippen molar-refractivity contribution >= 4 is 33.0 Å². The molecule has 0 aliphatic carbocycles. The monoisotopic (exact) mass is 375 g/mol. The average Bonchev–Trinajstić information content (AvgIpc) is 2.91. The quantitative estimate of drug-likeness (QED) is 0.755. The molecular formula is C16H14ClN5O2S. The Balaban J connectivity index is 2.18. The van der Waals surface area contributed by atoms with E-state index in [0.29, 0.717) is 33.2 Å². The molecule has 2 aromatic heterocycles. The van der Waals surface area contributed by atoms with Crippen molar-refractivity contribution in [2.45, 2.75) is 13.8 Å². The lowest BCUT2D eigenvalue weighted by Gasteiger charge is -2.11. The zero-order valence-corrected chi connectivity index (χ0v) is 15.1. The third-order valence-corrected chi connectivity index (χ3v) is 5.33. The molecular weight excluding hydrogens is 362 g/mol. The van der Waals surface area contributed by atoms with E-state index < -0.39 is 10.0 Å². The summed E-state index contributed by atoms with van der Waals surface area (Å²) < 4.78 is 27.7. The molecule has 0 atom stereocenters. The zero-order chi connectivity index (χ0) is 18.2. The molecule has 2 heterocycles. The van der Waals surface area contributed by atoms with Crippen LogP contribution in [0.4, 0.5) is 5.69 Å². The maximum Gasteiger partial charge on any atom is 0.232 e. The number of aromatic nitrogens is 3. The van der Waals surface area contributed by atoms with E-state index in [4.69, 9.17) is 11.6 Å². The molecule has 128 valence electrons. The number of aryl methyl sites for hydroxylation is 1. The second-order valence-electron chi connectivity index (χ2n) is 5.34. The number of nitriles is 1. The molecule has 0 aliphatic rings. The first kappa shape index (κ1) is 17.2. The molecule has 3 rings (SSSR count). The topological polar surface area (TPSA) is 100 Å². The van der Waals surface area contributed by atoms with Gasteiger partial charge in [-0.1, -0.05) is 17.7 Å². The molecule has 1 N–H and O–H groups in total. The van der Waals surface area contributed by atoms with Crippen LogP contribution in [0.3, 0.4) is 0 Å². The Kier molecular flexibility index (Phi) is 4.37.